The van der Waals surface area contributed by atoms with Gasteiger partial charge in [-0.3, -0.25) is 0 Å². The van der Waals surface area contributed by atoms with Gasteiger partial charge < -0.3 is 5.32 Å². The fraction of sp³-hybridized carbons (Fsp3) is 0.294. The minimum atomic E-state index is -0.512. The molecule has 106 valence electrons. The van der Waals surface area contributed by atoms with Crippen molar-refractivity contribution >= 4 is 0 Å². The second kappa shape index (κ2) is 6.62. The quantitative estimate of drug-likeness (QED) is 0.854. The molecular weight excluding hydrogens is 256 g/mol. The van der Waals surface area contributed by atoms with E-state index in [2.05, 4.69) is 5.32 Å². The van der Waals surface area contributed by atoms with Crippen LogP contribution in [0.3, 0.4) is 0 Å². The Kier molecular flexibility index (Phi) is 4.85. The average Bonchev–Trinajstić information content (AvgIpc) is 2.43. The summed E-state index contributed by atoms with van der Waals surface area (Å²) in [7, 11) is 0. The van der Waals surface area contributed by atoms with Crippen molar-refractivity contribution in [2.24, 2.45) is 0 Å². The average molecular weight is 275 g/mol. The van der Waals surface area contributed by atoms with Crippen molar-refractivity contribution in [3.63, 3.8) is 0 Å². The van der Waals surface area contributed by atoms with Crippen molar-refractivity contribution < 1.29 is 8.78 Å². The molecule has 2 aromatic rings. The fourth-order valence-electron chi connectivity index (χ4n) is 2.35. The van der Waals surface area contributed by atoms with Crippen LogP contribution in [0.4, 0.5) is 8.78 Å². The first-order valence-electron chi connectivity index (χ1n) is 6.88. The number of halogens is 2. The maximum atomic E-state index is 14.1. The van der Waals surface area contributed by atoms with Crippen LogP contribution in [0.5, 0.6) is 0 Å². The highest BCUT2D eigenvalue weighted by Crippen LogP contribution is 2.28. The van der Waals surface area contributed by atoms with Crippen LogP contribution >= 0.6 is 0 Å². The number of benzene rings is 2. The Hall–Kier alpha value is -1.74. The molecule has 1 unspecified atom stereocenters. The first-order chi connectivity index (χ1) is 9.65. The molecule has 0 saturated carbocycles. The standard InChI is InChI=1S/C17H19F2N/c1-3-11-20-17(13-8-5-4-7-12(13)2)16-14(18)9-6-10-15(16)19/h4-10,17,20H,3,11H2,1-2H3. The van der Waals surface area contributed by atoms with E-state index in [1.807, 2.05) is 38.1 Å². The Balaban J connectivity index is 2.50. The Bertz CT molecular complexity index is 561. The van der Waals surface area contributed by atoms with Gasteiger partial charge in [-0.05, 0) is 43.1 Å². The molecule has 0 aliphatic rings. The normalized spacial score (nSPS) is 12.4. The van der Waals surface area contributed by atoms with E-state index in [9.17, 15) is 8.78 Å². The predicted octanol–water partition coefficient (Wildman–Crippen LogP) is 4.36. The third-order valence-corrected chi connectivity index (χ3v) is 3.39. The molecule has 3 heteroatoms. The number of hydrogen-bond acceptors (Lipinski definition) is 1. The second-order valence-electron chi connectivity index (χ2n) is 4.88. The van der Waals surface area contributed by atoms with Crippen LogP contribution in [0.15, 0.2) is 42.5 Å². The Labute approximate surface area is 118 Å². The minimum absolute atomic E-state index is 0.0928. The molecule has 1 nitrogen and oxygen atoms in total. The van der Waals surface area contributed by atoms with Crippen LogP contribution in [0, 0.1) is 18.6 Å². The largest absolute Gasteiger partial charge is 0.306 e. The van der Waals surface area contributed by atoms with E-state index in [-0.39, 0.29) is 5.56 Å². The summed E-state index contributed by atoms with van der Waals surface area (Å²) in [4.78, 5) is 0. The molecule has 1 N–H and O–H groups in total. The first-order valence-corrected chi connectivity index (χ1v) is 6.88. The van der Waals surface area contributed by atoms with Crippen molar-refractivity contribution in [2.45, 2.75) is 26.3 Å². The lowest BCUT2D eigenvalue weighted by Crippen LogP contribution is -2.25. The Morgan fingerprint density at radius 3 is 2.25 bits per heavy atom. The van der Waals surface area contributed by atoms with Gasteiger partial charge in [-0.1, -0.05) is 37.3 Å². The predicted molar refractivity (Wildman–Crippen MR) is 77.7 cm³/mol. The molecule has 20 heavy (non-hydrogen) atoms. The van der Waals surface area contributed by atoms with E-state index >= 15 is 0 Å². The monoisotopic (exact) mass is 275 g/mol. The second-order valence-corrected chi connectivity index (χ2v) is 4.88. The van der Waals surface area contributed by atoms with Crippen molar-refractivity contribution in [1.82, 2.24) is 5.32 Å². The van der Waals surface area contributed by atoms with Gasteiger partial charge in [-0.25, -0.2) is 8.78 Å². The Morgan fingerprint density at radius 1 is 1.00 bits per heavy atom. The molecule has 0 heterocycles. The first kappa shape index (κ1) is 14.7. The zero-order valence-electron chi connectivity index (χ0n) is 11.8. The van der Waals surface area contributed by atoms with E-state index in [1.54, 1.807) is 0 Å². The van der Waals surface area contributed by atoms with E-state index in [0.29, 0.717) is 6.54 Å². The molecule has 0 saturated heterocycles. The molecule has 2 rings (SSSR count). The lowest BCUT2D eigenvalue weighted by atomic mass is 9.94. The van der Waals surface area contributed by atoms with Crippen LogP contribution < -0.4 is 5.32 Å². The summed E-state index contributed by atoms with van der Waals surface area (Å²) in [5, 5.41) is 3.24. The molecule has 0 fully saturated rings. The minimum Gasteiger partial charge on any atom is -0.306 e. The van der Waals surface area contributed by atoms with Gasteiger partial charge in [0.15, 0.2) is 0 Å². The summed E-state index contributed by atoms with van der Waals surface area (Å²) in [6.45, 7) is 4.68. The zero-order valence-corrected chi connectivity index (χ0v) is 11.8. The molecule has 0 bridgehead atoms. The molecule has 0 amide bonds. The number of hydrogen-bond donors (Lipinski definition) is 1. The van der Waals surface area contributed by atoms with E-state index < -0.39 is 17.7 Å². The highest BCUT2D eigenvalue weighted by molar-refractivity contribution is 5.38. The molecular formula is C17H19F2N. The molecule has 0 aliphatic heterocycles. The van der Waals surface area contributed by atoms with Gasteiger partial charge in [0.1, 0.15) is 11.6 Å². The summed E-state index contributed by atoms with van der Waals surface area (Å²) >= 11 is 0. The van der Waals surface area contributed by atoms with Crippen LogP contribution in [0.2, 0.25) is 0 Å². The summed E-state index contributed by atoms with van der Waals surface area (Å²) in [6.07, 6.45) is 0.901. The highest BCUT2D eigenvalue weighted by Gasteiger charge is 2.22. The number of nitrogens with one attached hydrogen (secondary N) is 1. The van der Waals surface area contributed by atoms with E-state index in [1.165, 1.54) is 18.2 Å². The maximum Gasteiger partial charge on any atom is 0.131 e. The van der Waals surface area contributed by atoms with E-state index in [4.69, 9.17) is 0 Å². The Morgan fingerprint density at radius 2 is 1.65 bits per heavy atom. The van der Waals surface area contributed by atoms with Crippen molar-refractivity contribution in [3.8, 4) is 0 Å². The van der Waals surface area contributed by atoms with Crippen LogP contribution in [0.1, 0.15) is 36.1 Å². The van der Waals surface area contributed by atoms with Gasteiger partial charge in [0.25, 0.3) is 0 Å². The molecule has 0 aliphatic carbocycles. The number of rotatable bonds is 5. The smallest absolute Gasteiger partial charge is 0.131 e. The zero-order chi connectivity index (χ0) is 14.5. The highest BCUT2D eigenvalue weighted by atomic mass is 19.1. The van der Waals surface area contributed by atoms with Crippen molar-refractivity contribution in [1.29, 1.82) is 0 Å². The molecule has 2 aromatic carbocycles. The molecule has 0 aromatic heterocycles. The van der Waals surface area contributed by atoms with Gasteiger partial charge in [0.05, 0.1) is 6.04 Å². The molecule has 0 spiro atoms. The topological polar surface area (TPSA) is 12.0 Å². The summed E-state index contributed by atoms with van der Waals surface area (Å²) in [6, 6.07) is 11.2. The lowest BCUT2D eigenvalue weighted by Gasteiger charge is -2.22. The SMILES string of the molecule is CCCNC(c1ccccc1C)c1c(F)cccc1F. The summed E-state index contributed by atoms with van der Waals surface area (Å²) in [5.41, 5.74) is 2.02. The van der Waals surface area contributed by atoms with Gasteiger partial charge in [0, 0.05) is 5.56 Å². The van der Waals surface area contributed by atoms with Crippen LogP contribution in [0.25, 0.3) is 0 Å². The van der Waals surface area contributed by atoms with Gasteiger partial charge in [-0.2, -0.15) is 0 Å². The molecule has 0 radical (unpaired) electrons. The summed E-state index contributed by atoms with van der Waals surface area (Å²) < 4.78 is 28.1. The number of aryl methyl sites for hydroxylation is 1. The third kappa shape index (κ3) is 3.05. The molecule has 1 atom stereocenters. The van der Waals surface area contributed by atoms with Crippen molar-refractivity contribution in [2.75, 3.05) is 6.54 Å². The van der Waals surface area contributed by atoms with Gasteiger partial charge in [-0.15, -0.1) is 0 Å². The summed E-state index contributed by atoms with van der Waals surface area (Å²) in [5.74, 6) is -1.02. The maximum absolute atomic E-state index is 14.1. The van der Waals surface area contributed by atoms with E-state index in [0.717, 1.165) is 17.5 Å². The third-order valence-electron chi connectivity index (χ3n) is 3.39. The van der Waals surface area contributed by atoms with Gasteiger partial charge in [0.2, 0.25) is 0 Å². The lowest BCUT2D eigenvalue weighted by molar-refractivity contribution is 0.502. The fourth-order valence-corrected chi connectivity index (χ4v) is 2.35. The van der Waals surface area contributed by atoms with Crippen LogP contribution in [-0.4, -0.2) is 6.54 Å². The van der Waals surface area contributed by atoms with Crippen molar-refractivity contribution in [3.05, 3.63) is 70.8 Å². The van der Waals surface area contributed by atoms with Crippen LogP contribution in [-0.2, 0) is 0 Å². The van der Waals surface area contributed by atoms with Gasteiger partial charge >= 0.3 is 0 Å².